The van der Waals surface area contributed by atoms with E-state index in [1.54, 1.807) is 0 Å². The van der Waals surface area contributed by atoms with Crippen LogP contribution in [0.3, 0.4) is 0 Å². The Labute approximate surface area is 114 Å². The van der Waals surface area contributed by atoms with Gasteiger partial charge in [-0.3, -0.25) is 14.5 Å². The number of aliphatic carboxylic acids is 1. The number of carboxylic acid groups (broad SMARTS) is 1. The number of hydrogen-bond donors (Lipinski definition) is 2. The summed E-state index contributed by atoms with van der Waals surface area (Å²) in [6.07, 6.45) is 5.84. The first kappa shape index (κ1) is 14.3. The summed E-state index contributed by atoms with van der Waals surface area (Å²) in [4.78, 5) is 25.2. The van der Waals surface area contributed by atoms with Crippen LogP contribution in [0.1, 0.15) is 45.4 Å². The lowest BCUT2D eigenvalue weighted by Gasteiger charge is -2.23. The molecule has 0 radical (unpaired) electrons. The average Bonchev–Trinajstić information content (AvgIpc) is 2.99. The summed E-state index contributed by atoms with van der Waals surface area (Å²) in [6.45, 7) is 3.46. The molecule has 1 heterocycles. The third-order valence-electron chi connectivity index (χ3n) is 4.65. The summed E-state index contributed by atoms with van der Waals surface area (Å²) in [5.41, 5.74) is -0.645. The highest BCUT2D eigenvalue weighted by Crippen LogP contribution is 2.33. The van der Waals surface area contributed by atoms with Crippen molar-refractivity contribution in [2.45, 2.75) is 51.5 Å². The fourth-order valence-electron chi connectivity index (χ4n) is 3.25. The number of rotatable bonds is 5. The molecule has 0 aromatic carbocycles. The first-order valence-corrected chi connectivity index (χ1v) is 7.31. The normalized spacial score (nSPS) is 28.7. The van der Waals surface area contributed by atoms with Crippen LogP contribution in [0.2, 0.25) is 0 Å². The van der Waals surface area contributed by atoms with Crippen molar-refractivity contribution in [3.8, 4) is 0 Å². The largest absolute Gasteiger partial charge is 0.481 e. The van der Waals surface area contributed by atoms with E-state index >= 15 is 0 Å². The molecule has 1 saturated carbocycles. The Balaban J connectivity index is 1.80. The van der Waals surface area contributed by atoms with Crippen molar-refractivity contribution < 1.29 is 14.7 Å². The molecule has 2 rings (SSSR count). The van der Waals surface area contributed by atoms with Gasteiger partial charge in [-0.1, -0.05) is 19.8 Å². The molecule has 5 heteroatoms. The fourth-order valence-corrected chi connectivity index (χ4v) is 3.25. The molecule has 1 saturated heterocycles. The lowest BCUT2D eigenvalue weighted by atomic mass is 9.84. The van der Waals surface area contributed by atoms with E-state index in [1.807, 2.05) is 11.8 Å². The minimum Gasteiger partial charge on any atom is -0.481 e. The van der Waals surface area contributed by atoms with Crippen LogP contribution in [0.5, 0.6) is 0 Å². The van der Waals surface area contributed by atoms with Gasteiger partial charge in [-0.25, -0.2) is 0 Å². The molecule has 0 aromatic heterocycles. The van der Waals surface area contributed by atoms with E-state index in [9.17, 15) is 14.7 Å². The van der Waals surface area contributed by atoms with Crippen LogP contribution >= 0.6 is 0 Å². The van der Waals surface area contributed by atoms with E-state index in [0.29, 0.717) is 38.5 Å². The van der Waals surface area contributed by atoms with Gasteiger partial charge in [0, 0.05) is 12.6 Å². The van der Waals surface area contributed by atoms with Crippen molar-refractivity contribution in [2.24, 2.45) is 5.41 Å². The molecule has 108 valence electrons. The number of carbonyl (C=O) groups excluding carboxylic acids is 1. The number of carbonyl (C=O) groups is 2. The van der Waals surface area contributed by atoms with Gasteiger partial charge in [0.25, 0.3) is 0 Å². The lowest BCUT2D eigenvalue weighted by molar-refractivity contribution is -0.148. The summed E-state index contributed by atoms with van der Waals surface area (Å²) < 4.78 is 0. The molecular weight excluding hydrogens is 244 g/mol. The molecule has 19 heavy (non-hydrogen) atoms. The summed E-state index contributed by atoms with van der Waals surface area (Å²) in [5, 5.41) is 12.4. The van der Waals surface area contributed by atoms with Gasteiger partial charge in [0.15, 0.2) is 0 Å². The fraction of sp³-hybridized carbons (Fsp3) is 0.857. The minimum absolute atomic E-state index is 0.0455. The van der Waals surface area contributed by atoms with Gasteiger partial charge < -0.3 is 10.4 Å². The van der Waals surface area contributed by atoms with Gasteiger partial charge in [-0.15, -0.1) is 0 Å². The number of nitrogens with one attached hydrogen (secondary N) is 1. The maximum Gasteiger partial charge on any atom is 0.310 e. The van der Waals surface area contributed by atoms with Gasteiger partial charge in [-0.05, 0) is 32.2 Å². The Bertz CT molecular complexity index is 353. The average molecular weight is 268 g/mol. The summed E-state index contributed by atoms with van der Waals surface area (Å²) in [5.74, 6) is -0.683. The highest BCUT2D eigenvalue weighted by Gasteiger charge is 2.43. The van der Waals surface area contributed by atoms with Crippen LogP contribution in [0.15, 0.2) is 0 Å². The number of hydrogen-bond acceptors (Lipinski definition) is 3. The van der Waals surface area contributed by atoms with E-state index < -0.39 is 11.4 Å². The van der Waals surface area contributed by atoms with E-state index in [2.05, 4.69) is 5.32 Å². The third kappa shape index (κ3) is 3.26. The number of carboxylic acids is 1. The van der Waals surface area contributed by atoms with E-state index in [1.165, 1.54) is 12.8 Å². The van der Waals surface area contributed by atoms with Crippen molar-refractivity contribution >= 4 is 11.9 Å². The Kier molecular flexibility index (Phi) is 4.45. The van der Waals surface area contributed by atoms with E-state index in [0.717, 1.165) is 12.8 Å². The zero-order valence-electron chi connectivity index (χ0n) is 11.7. The lowest BCUT2D eigenvalue weighted by Crippen LogP contribution is -2.42. The Morgan fingerprint density at radius 1 is 1.37 bits per heavy atom. The summed E-state index contributed by atoms with van der Waals surface area (Å²) >= 11 is 0. The predicted octanol–water partition coefficient (Wildman–Crippen LogP) is 1.23. The Morgan fingerprint density at radius 2 is 2.05 bits per heavy atom. The van der Waals surface area contributed by atoms with Crippen molar-refractivity contribution in [2.75, 3.05) is 19.6 Å². The molecule has 1 atom stereocenters. The van der Waals surface area contributed by atoms with Crippen LogP contribution in [0.4, 0.5) is 0 Å². The maximum atomic E-state index is 11.9. The van der Waals surface area contributed by atoms with Crippen LogP contribution in [0.25, 0.3) is 0 Å². The molecule has 5 nitrogen and oxygen atoms in total. The van der Waals surface area contributed by atoms with Crippen molar-refractivity contribution in [1.29, 1.82) is 0 Å². The molecule has 1 amide bonds. The van der Waals surface area contributed by atoms with Crippen molar-refractivity contribution in [3.63, 3.8) is 0 Å². The first-order valence-electron chi connectivity index (χ1n) is 7.31. The zero-order chi connectivity index (χ0) is 13.9. The Morgan fingerprint density at radius 3 is 2.58 bits per heavy atom. The quantitative estimate of drug-likeness (QED) is 0.787. The number of likely N-dealkylation sites (tertiary alicyclic amines) is 1. The SMILES string of the molecule is CCC1(C(=O)O)CCN(CC(=O)NC2CCCC2)C1. The second-order valence-corrected chi connectivity index (χ2v) is 5.95. The van der Waals surface area contributed by atoms with Crippen LogP contribution in [0, 0.1) is 5.41 Å². The van der Waals surface area contributed by atoms with Crippen molar-refractivity contribution in [1.82, 2.24) is 10.2 Å². The summed E-state index contributed by atoms with van der Waals surface area (Å²) in [6, 6.07) is 0.338. The minimum atomic E-state index is -0.728. The Hall–Kier alpha value is -1.10. The molecule has 0 spiro atoms. The zero-order valence-corrected chi connectivity index (χ0v) is 11.7. The van der Waals surface area contributed by atoms with Gasteiger partial charge >= 0.3 is 5.97 Å². The van der Waals surface area contributed by atoms with Gasteiger partial charge in [0.1, 0.15) is 0 Å². The molecule has 0 bridgehead atoms. The molecular formula is C14H24N2O3. The van der Waals surface area contributed by atoms with Crippen LogP contribution < -0.4 is 5.32 Å². The van der Waals surface area contributed by atoms with Gasteiger partial charge in [-0.2, -0.15) is 0 Å². The number of amides is 1. The molecule has 2 aliphatic rings. The van der Waals surface area contributed by atoms with Crippen LogP contribution in [-0.4, -0.2) is 47.6 Å². The molecule has 1 aliphatic carbocycles. The van der Waals surface area contributed by atoms with Crippen LogP contribution in [-0.2, 0) is 9.59 Å². The number of nitrogens with zero attached hydrogens (tertiary/aromatic N) is 1. The molecule has 2 N–H and O–H groups in total. The third-order valence-corrected chi connectivity index (χ3v) is 4.65. The highest BCUT2D eigenvalue weighted by molar-refractivity contribution is 5.79. The monoisotopic (exact) mass is 268 g/mol. The molecule has 1 unspecified atom stereocenters. The van der Waals surface area contributed by atoms with Gasteiger partial charge in [0.05, 0.1) is 12.0 Å². The summed E-state index contributed by atoms with van der Waals surface area (Å²) in [7, 11) is 0. The topological polar surface area (TPSA) is 69.6 Å². The highest BCUT2D eigenvalue weighted by atomic mass is 16.4. The second kappa shape index (κ2) is 5.90. The second-order valence-electron chi connectivity index (χ2n) is 5.95. The molecule has 0 aromatic rings. The maximum absolute atomic E-state index is 11.9. The molecule has 2 fully saturated rings. The smallest absolute Gasteiger partial charge is 0.310 e. The van der Waals surface area contributed by atoms with Crippen molar-refractivity contribution in [3.05, 3.63) is 0 Å². The predicted molar refractivity (Wildman–Crippen MR) is 71.8 cm³/mol. The van der Waals surface area contributed by atoms with E-state index in [4.69, 9.17) is 0 Å². The molecule has 1 aliphatic heterocycles. The van der Waals surface area contributed by atoms with Gasteiger partial charge in [0.2, 0.25) is 5.91 Å². The standard InChI is InChI=1S/C14H24N2O3/c1-2-14(13(18)19)7-8-16(10-14)9-12(17)15-11-5-3-4-6-11/h11H,2-10H2,1H3,(H,15,17)(H,18,19). The first-order chi connectivity index (χ1) is 9.05. The van der Waals surface area contributed by atoms with E-state index in [-0.39, 0.29) is 5.91 Å².